The van der Waals surface area contributed by atoms with Crippen LogP contribution in [0.5, 0.6) is 0 Å². The van der Waals surface area contributed by atoms with E-state index in [0.29, 0.717) is 17.7 Å². The molecule has 0 heterocycles. The van der Waals surface area contributed by atoms with Crippen molar-refractivity contribution < 1.29 is 9.72 Å². The number of rotatable bonds is 4. The van der Waals surface area contributed by atoms with Gasteiger partial charge < -0.3 is 11.1 Å². The second-order valence-corrected chi connectivity index (χ2v) is 5.35. The van der Waals surface area contributed by atoms with E-state index in [4.69, 9.17) is 5.73 Å². The Kier molecular flexibility index (Phi) is 5.69. The highest BCUT2D eigenvalue weighted by Gasteiger charge is 2.34. The molecule has 1 fully saturated rings. The maximum Gasteiger partial charge on any atom is 0.273 e. The molecule has 1 aliphatic carbocycles. The third-order valence-electron chi connectivity index (χ3n) is 4.08. The largest absolute Gasteiger partial charge is 0.345 e. The number of carbonyl (C=O) groups excluding carboxylic acids is 1. The third-order valence-corrected chi connectivity index (χ3v) is 4.08. The fourth-order valence-corrected chi connectivity index (χ4v) is 2.81. The van der Waals surface area contributed by atoms with Crippen molar-refractivity contribution in [3.63, 3.8) is 0 Å². The van der Waals surface area contributed by atoms with Crippen molar-refractivity contribution in [1.29, 1.82) is 0 Å². The summed E-state index contributed by atoms with van der Waals surface area (Å²) in [5.74, 6) is -0.279. The molecule has 7 heteroatoms. The van der Waals surface area contributed by atoms with E-state index in [1.807, 2.05) is 0 Å². The van der Waals surface area contributed by atoms with E-state index in [2.05, 4.69) is 5.32 Å². The van der Waals surface area contributed by atoms with E-state index in [0.717, 1.165) is 25.7 Å². The minimum absolute atomic E-state index is 0. The molecule has 6 nitrogen and oxygen atoms in total. The molecule has 21 heavy (non-hydrogen) atoms. The number of nitrogens with two attached hydrogens (primary N) is 1. The fourth-order valence-electron chi connectivity index (χ4n) is 2.81. The lowest BCUT2D eigenvalue weighted by molar-refractivity contribution is -0.385. The van der Waals surface area contributed by atoms with Gasteiger partial charge in [-0.3, -0.25) is 14.9 Å². The van der Waals surface area contributed by atoms with Crippen molar-refractivity contribution in [2.75, 3.05) is 6.54 Å². The van der Waals surface area contributed by atoms with Gasteiger partial charge in [0.05, 0.1) is 10.5 Å². The van der Waals surface area contributed by atoms with Crippen molar-refractivity contribution in [2.45, 2.75) is 38.1 Å². The molecule has 0 spiro atoms. The van der Waals surface area contributed by atoms with Gasteiger partial charge in [0.15, 0.2) is 0 Å². The molecule has 116 valence electrons. The molecule has 0 aliphatic heterocycles. The summed E-state index contributed by atoms with van der Waals surface area (Å²) in [5, 5.41) is 13.9. The van der Waals surface area contributed by atoms with Gasteiger partial charge in [-0.05, 0) is 25.8 Å². The number of hydrogen-bond acceptors (Lipinski definition) is 4. The molecule has 0 radical (unpaired) electrons. The summed E-state index contributed by atoms with van der Waals surface area (Å²) in [4.78, 5) is 22.8. The molecule has 0 bridgehead atoms. The van der Waals surface area contributed by atoms with Crippen molar-refractivity contribution >= 4 is 24.0 Å². The molecule has 2 rings (SSSR count). The molecule has 1 aromatic rings. The van der Waals surface area contributed by atoms with Crippen LogP contribution in [0.4, 0.5) is 5.69 Å². The smallest absolute Gasteiger partial charge is 0.273 e. The van der Waals surface area contributed by atoms with Crippen LogP contribution in [-0.2, 0) is 0 Å². The zero-order valence-electron chi connectivity index (χ0n) is 11.9. The van der Waals surface area contributed by atoms with Gasteiger partial charge in [0.2, 0.25) is 0 Å². The Morgan fingerprint density at radius 1 is 1.43 bits per heavy atom. The van der Waals surface area contributed by atoms with E-state index in [1.165, 1.54) is 12.1 Å². The molecule has 1 amide bonds. The number of nitrogens with one attached hydrogen (secondary N) is 1. The van der Waals surface area contributed by atoms with Gasteiger partial charge >= 0.3 is 0 Å². The minimum atomic E-state index is -0.472. The first-order valence-corrected chi connectivity index (χ1v) is 6.76. The normalized spacial score (nSPS) is 16.1. The number of nitro groups is 1. The molecule has 0 saturated heterocycles. The molecule has 1 aliphatic rings. The highest BCUT2D eigenvalue weighted by atomic mass is 35.5. The predicted molar refractivity (Wildman–Crippen MR) is 82.8 cm³/mol. The Morgan fingerprint density at radius 3 is 2.57 bits per heavy atom. The van der Waals surface area contributed by atoms with Crippen LogP contribution in [0, 0.1) is 17.0 Å². The van der Waals surface area contributed by atoms with E-state index in [-0.39, 0.29) is 29.5 Å². The number of nitrogens with zero attached hydrogens (tertiary/aromatic N) is 1. The Hall–Kier alpha value is -1.66. The summed E-state index contributed by atoms with van der Waals surface area (Å²) in [6.45, 7) is 1.99. The van der Waals surface area contributed by atoms with Gasteiger partial charge in [-0.25, -0.2) is 0 Å². The summed E-state index contributed by atoms with van der Waals surface area (Å²) in [5.41, 5.74) is 6.13. The van der Waals surface area contributed by atoms with Gasteiger partial charge in [-0.15, -0.1) is 12.4 Å². The van der Waals surface area contributed by atoms with E-state index in [9.17, 15) is 14.9 Å². The second-order valence-electron chi connectivity index (χ2n) is 5.35. The zero-order valence-corrected chi connectivity index (χ0v) is 12.7. The van der Waals surface area contributed by atoms with Crippen LogP contribution in [-0.4, -0.2) is 22.9 Å². The summed E-state index contributed by atoms with van der Waals surface area (Å²) < 4.78 is 0. The number of nitro benzene ring substituents is 1. The van der Waals surface area contributed by atoms with E-state index < -0.39 is 4.92 Å². The monoisotopic (exact) mass is 313 g/mol. The fraction of sp³-hybridized carbons (Fsp3) is 0.500. The molecule has 1 aromatic carbocycles. The zero-order chi connectivity index (χ0) is 14.8. The maximum atomic E-state index is 12.4. The second kappa shape index (κ2) is 6.87. The topological polar surface area (TPSA) is 98.3 Å². The first kappa shape index (κ1) is 17.4. The van der Waals surface area contributed by atoms with Crippen LogP contribution in [0.2, 0.25) is 0 Å². The van der Waals surface area contributed by atoms with Crippen molar-refractivity contribution in [3.8, 4) is 0 Å². The van der Waals surface area contributed by atoms with Crippen LogP contribution in [0.3, 0.4) is 0 Å². The SMILES string of the molecule is Cc1c(C(=O)NC2(CN)CCCC2)cccc1[N+](=O)[O-].Cl. The number of halogens is 1. The average Bonchev–Trinajstić information content (AvgIpc) is 2.87. The van der Waals surface area contributed by atoms with Gasteiger partial charge in [-0.2, -0.15) is 0 Å². The van der Waals surface area contributed by atoms with Gasteiger partial charge in [-0.1, -0.05) is 18.9 Å². The molecule has 1 saturated carbocycles. The maximum absolute atomic E-state index is 12.4. The Labute approximate surface area is 129 Å². The predicted octanol–water partition coefficient (Wildman–Crippen LogP) is 2.33. The molecule has 3 N–H and O–H groups in total. The Bertz CT molecular complexity index is 542. The highest BCUT2D eigenvalue weighted by molar-refractivity contribution is 5.97. The molecule has 0 unspecified atom stereocenters. The highest BCUT2D eigenvalue weighted by Crippen LogP contribution is 2.29. The minimum Gasteiger partial charge on any atom is -0.345 e. The summed E-state index contributed by atoms with van der Waals surface area (Å²) in [7, 11) is 0. The summed E-state index contributed by atoms with van der Waals surface area (Å²) >= 11 is 0. The quantitative estimate of drug-likeness (QED) is 0.658. The molecular formula is C14H20ClN3O3. The number of amides is 1. The Morgan fingerprint density at radius 2 is 2.05 bits per heavy atom. The first-order chi connectivity index (χ1) is 9.49. The average molecular weight is 314 g/mol. The van der Waals surface area contributed by atoms with Crippen LogP contribution in [0.15, 0.2) is 18.2 Å². The van der Waals surface area contributed by atoms with Gasteiger partial charge in [0.25, 0.3) is 11.6 Å². The standard InChI is InChI=1S/C14H19N3O3.ClH/c1-10-11(5-4-6-12(10)17(19)20)13(18)16-14(9-15)7-2-3-8-14;/h4-6H,2-3,7-9,15H2,1H3,(H,16,18);1H. The van der Waals surface area contributed by atoms with E-state index >= 15 is 0 Å². The van der Waals surface area contributed by atoms with Crippen LogP contribution < -0.4 is 11.1 Å². The molecule has 0 aromatic heterocycles. The number of benzene rings is 1. The lowest BCUT2D eigenvalue weighted by Gasteiger charge is -2.29. The van der Waals surface area contributed by atoms with Crippen molar-refractivity contribution in [2.24, 2.45) is 5.73 Å². The van der Waals surface area contributed by atoms with Gasteiger partial charge in [0.1, 0.15) is 0 Å². The lowest BCUT2D eigenvalue weighted by Crippen LogP contribution is -2.51. The van der Waals surface area contributed by atoms with Gasteiger partial charge in [0, 0.05) is 23.7 Å². The van der Waals surface area contributed by atoms with Crippen molar-refractivity contribution in [1.82, 2.24) is 5.32 Å². The summed E-state index contributed by atoms with van der Waals surface area (Å²) in [6, 6.07) is 4.54. The van der Waals surface area contributed by atoms with E-state index in [1.54, 1.807) is 13.0 Å². The summed E-state index contributed by atoms with van der Waals surface area (Å²) in [6.07, 6.45) is 3.82. The first-order valence-electron chi connectivity index (χ1n) is 6.76. The van der Waals surface area contributed by atoms with Crippen molar-refractivity contribution in [3.05, 3.63) is 39.4 Å². The van der Waals surface area contributed by atoms with Crippen LogP contribution in [0.25, 0.3) is 0 Å². The number of carbonyl (C=O) groups is 1. The number of hydrogen-bond donors (Lipinski definition) is 2. The van der Waals surface area contributed by atoms with Crippen LogP contribution >= 0.6 is 12.4 Å². The molecular weight excluding hydrogens is 294 g/mol. The third kappa shape index (κ3) is 3.51. The molecule has 0 atom stereocenters. The Balaban J connectivity index is 0.00000220. The van der Waals surface area contributed by atoms with Crippen LogP contribution in [0.1, 0.15) is 41.6 Å². The lowest BCUT2D eigenvalue weighted by atomic mass is 9.96.